The minimum Gasteiger partial charge on any atom is -0.380 e. The number of aromatic nitrogens is 2. The molecule has 1 fully saturated rings. The monoisotopic (exact) mass is 208 g/mol. The molecule has 1 atom stereocenters. The summed E-state index contributed by atoms with van der Waals surface area (Å²) >= 11 is 0. The summed E-state index contributed by atoms with van der Waals surface area (Å²) in [5.74, 6) is 0.877. The molecule has 0 amide bonds. The number of nitrogens with one attached hydrogen (secondary N) is 1. The number of carbonyl (C=O) groups excluding carboxylic acids is 1. The molecule has 0 aliphatic carbocycles. The van der Waals surface area contributed by atoms with Gasteiger partial charge < -0.3 is 9.72 Å². The molecule has 2 heterocycles. The lowest BCUT2D eigenvalue weighted by atomic mass is 9.84. The Kier molecular flexibility index (Phi) is 2.61. The van der Waals surface area contributed by atoms with E-state index in [0.29, 0.717) is 12.3 Å². The van der Waals surface area contributed by atoms with Crippen LogP contribution in [0, 0.1) is 6.92 Å². The van der Waals surface area contributed by atoms with E-state index >= 15 is 0 Å². The van der Waals surface area contributed by atoms with Crippen molar-refractivity contribution < 1.29 is 9.53 Å². The molecule has 1 aliphatic rings. The van der Waals surface area contributed by atoms with Crippen LogP contribution in [0.5, 0.6) is 0 Å². The summed E-state index contributed by atoms with van der Waals surface area (Å²) in [4.78, 5) is 18.2. The fraction of sp³-hybridized carbons (Fsp3) is 0.636. The highest BCUT2D eigenvalue weighted by molar-refractivity contribution is 5.73. The minimum absolute atomic E-state index is 0.0652. The summed E-state index contributed by atoms with van der Waals surface area (Å²) in [6, 6.07) is 0. The molecule has 0 spiro atoms. The largest absolute Gasteiger partial charge is 0.380 e. The first-order valence-electron chi connectivity index (χ1n) is 5.26. The molecule has 1 aliphatic heterocycles. The molecule has 4 heteroatoms. The first-order valence-corrected chi connectivity index (χ1v) is 5.26. The number of aryl methyl sites for hydroxylation is 1. The highest BCUT2D eigenvalue weighted by Crippen LogP contribution is 2.30. The Morgan fingerprint density at radius 1 is 1.60 bits per heavy atom. The average Bonchev–Trinajstić information content (AvgIpc) is 2.61. The van der Waals surface area contributed by atoms with E-state index in [9.17, 15) is 4.79 Å². The van der Waals surface area contributed by atoms with E-state index in [1.807, 2.05) is 6.92 Å². The van der Waals surface area contributed by atoms with Gasteiger partial charge in [0.05, 0.1) is 6.61 Å². The molecule has 0 bridgehead atoms. The van der Waals surface area contributed by atoms with E-state index in [1.165, 1.54) is 0 Å². The first kappa shape index (κ1) is 10.4. The van der Waals surface area contributed by atoms with Crippen molar-refractivity contribution in [2.24, 2.45) is 0 Å². The molecule has 2 rings (SSSR count). The lowest BCUT2D eigenvalue weighted by molar-refractivity contribution is 0.0386. The maximum Gasteiger partial charge on any atom is 0.170 e. The van der Waals surface area contributed by atoms with Crippen molar-refractivity contribution in [3.05, 3.63) is 17.2 Å². The lowest BCUT2D eigenvalue weighted by Crippen LogP contribution is -2.34. The van der Waals surface area contributed by atoms with Crippen molar-refractivity contribution in [2.75, 3.05) is 13.2 Å². The topological polar surface area (TPSA) is 55.0 Å². The molecule has 15 heavy (non-hydrogen) atoms. The van der Waals surface area contributed by atoms with Gasteiger partial charge in [-0.15, -0.1) is 0 Å². The van der Waals surface area contributed by atoms with Crippen LogP contribution in [-0.4, -0.2) is 29.5 Å². The van der Waals surface area contributed by atoms with E-state index in [2.05, 4.69) is 16.9 Å². The second-order valence-corrected chi connectivity index (χ2v) is 4.43. The number of ether oxygens (including phenoxy) is 1. The minimum atomic E-state index is -0.0652. The second-order valence-electron chi connectivity index (χ2n) is 4.43. The smallest absolute Gasteiger partial charge is 0.170 e. The third-order valence-corrected chi connectivity index (χ3v) is 3.04. The van der Waals surface area contributed by atoms with Crippen LogP contribution >= 0.6 is 0 Å². The molecular weight excluding hydrogens is 192 g/mol. The molecule has 1 saturated heterocycles. The fourth-order valence-electron chi connectivity index (χ4n) is 2.00. The van der Waals surface area contributed by atoms with Gasteiger partial charge in [0.15, 0.2) is 6.29 Å². The van der Waals surface area contributed by atoms with Gasteiger partial charge in [-0.25, -0.2) is 4.98 Å². The fourth-order valence-corrected chi connectivity index (χ4v) is 2.00. The maximum absolute atomic E-state index is 10.7. The van der Waals surface area contributed by atoms with E-state index < -0.39 is 0 Å². The molecule has 0 aromatic carbocycles. The quantitative estimate of drug-likeness (QED) is 0.751. The third kappa shape index (κ3) is 1.81. The molecule has 1 aromatic rings. The Labute approximate surface area is 89.0 Å². The van der Waals surface area contributed by atoms with E-state index in [4.69, 9.17) is 4.74 Å². The van der Waals surface area contributed by atoms with Crippen molar-refractivity contribution in [3.63, 3.8) is 0 Å². The van der Waals surface area contributed by atoms with Crippen molar-refractivity contribution in [3.8, 4) is 0 Å². The number of nitrogens with zero attached hydrogens (tertiary/aromatic N) is 1. The van der Waals surface area contributed by atoms with Crippen LogP contribution in [0.25, 0.3) is 0 Å². The number of imidazole rings is 1. The van der Waals surface area contributed by atoms with Crippen LogP contribution in [0.2, 0.25) is 0 Å². The number of aromatic amines is 1. The van der Waals surface area contributed by atoms with Gasteiger partial charge in [-0.05, 0) is 19.8 Å². The van der Waals surface area contributed by atoms with E-state index in [-0.39, 0.29) is 5.41 Å². The Hall–Kier alpha value is -1.16. The highest BCUT2D eigenvalue weighted by atomic mass is 16.5. The second kappa shape index (κ2) is 3.77. The number of aldehydes is 1. The van der Waals surface area contributed by atoms with Gasteiger partial charge in [0.1, 0.15) is 11.5 Å². The van der Waals surface area contributed by atoms with Crippen LogP contribution in [0.4, 0.5) is 0 Å². The van der Waals surface area contributed by atoms with Crippen molar-refractivity contribution >= 4 is 6.29 Å². The van der Waals surface area contributed by atoms with Crippen LogP contribution < -0.4 is 0 Å². The van der Waals surface area contributed by atoms with Crippen molar-refractivity contribution in [2.45, 2.75) is 32.1 Å². The number of carbonyl (C=O) groups is 1. The summed E-state index contributed by atoms with van der Waals surface area (Å²) in [6.07, 6.45) is 2.90. The van der Waals surface area contributed by atoms with Gasteiger partial charge in [-0.1, -0.05) is 6.92 Å². The van der Waals surface area contributed by atoms with Crippen LogP contribution in [0.3, 0.4) is 0 Å². The van der Waals surface area contributed by atoms with Crippen LogP contribution in [0.1, 0.15) is 41.8 Å². The molecule has 4 nitrogen and oxygen atoms in total. The van der Waals surface area contributed by atoms with E-state index in [1.54, 1.807) is 0 Å². The van der Waals surface area contributed by atoms with Gasteiger partial charge in [0.2, 0.25) is 0 Å². The zero-order valence-corrected chi connectivity index (χ0v) is 9.17. The molecule has 1 unspecified atom stereocenters. The van der Waals surface area contributed by atoms with E-state index in [0.717, 1.165) is 37.3 Å². The van der Waals surface area contributed by atoms with Crippen molar-refractivity contribution in [1.82, 2.24) is 9.97 Å². The maximum atomic E-state index is 10.7. The lowest BCUT2D eigenvalue weighted by Gasteiger charge is -2.31. The SMILES string of the molecule is Cc1[nH]c(C2(C)CCCOC2)nc1C=O. The molecule has 1 aromatic heterocycles. The third-order valence-electron chi connectivity index (χ3n) is 3.04. The number of hydrogen-bond donors (Lipinski definition) is 1. The number of hydrogen-bond acceptors (Lipinski definition) is 3. The predicted octanol–water partition coefficient (Wildman–Crippen LogP) is 1.60. The molecule has 0 saturated carbocycles. The van der Waals surface area contributed by atoms with Crippen LogP contribution in [-0.2, 0) is 10.2 Å². The summed E-state index contributed by atoms with van der Waals surface area (Å²) in [6.45, 7) is 5.50. The van der Waals surface area contributed by atoms with Crippen LogP contribution in [0.15, 0.2) is 0 Å². The van der Waals surface area contributed by atoms with Gasteiger partial charge in [-0.3, -0.25) is 4.79 Å². The zero-order valence-electron chi connectivity index (χ0n) is 9.17. The first-order chi connectivity index (χ1) is 7.15. The Morgan fingerprint density at radius 2 is 2.40 bits per heavy atom. The Balaban J connectivity index is 2.30. The summed E-state index contributed by atoms with van der Waals surface area (Å²) < 4.78 is 5.47. The predicted molar refractivity (Wildman–Crippen MR) is 56.1 cm³/mol. The Bertz CT molecular complexity index is 365. The van der Waals surface area contributed by atoms with Gasteiger partial charge in [-0.2, -0.15) is 0 Å². The Morgan fingerprint density at radius 3 is 2.93 bits per heavy atom. The normalized spacial score (nSPS) is 26.5. The number of H-pyrrole nitrogens is 1. The molecule has 82 valence electrons. The number of rotatable bonds is 2. The average molecular weight is 208 g/mol. The van der Waals surface area contributed by atoms with Crippen molar-refractivity contribution in [1.29, 1.82) is 0 Å². The standard InChI is InChI=1S/C11H16N2O2/c1-8-9(6-14)13-10(12-8)11(2)4-3-5-15-7-11/h6H,3-5,7H2,1-2H3,(H,12,13). The molecule has 1 N–H and O–H groups in total. The highest BCUT2D eigenvalue weighted by Gasteiger charge is 2.33. The zero-order chi connectivity index (χ0) is 10.9. The van der Waals surface area contributed by atoms with Gasteiger partial charge in [0.25, 0.3) is 0 Å². The summed E-state index contributed by atoms with van der Waals surface area (Å²) in [5, 5.41) is 0. The summed E-state index contributed by atoms with van der Waals surface area (Å²) in [5.41, 5.74) is 1.29. The molecular formula is C11H16N2O2. The van der Waals surface area contributed by atoms with Gasteiger partial charge in [0, 0.05) is 17.7 Å². The molecule has 0 radical (unpaired) electrons. The van der Waals surface area contributed by atoms with Gasteiger partial charge >= 0.3 is 0 Å². The summed E-state index contributed by atoms with van der Waals surface area (Å²) in [7, 11) is 0.